The zero-order valence-electron chi connectivity index (χ0n) is 9.93. The van der Waals surface area contributed by atoms with E-state index in [9.17, 15) is 4.39 Å². The van der Waals surface area contributed by atoms with Crippen LogP contribution in [0.4, 0.5) is 4.39 Å². The molecule has 0 saturated heterocycles. The van der Waals surface area contributed by atoms with Crippen LogP contribution in [0.15, 0.2) is 16.6 Å². The summed E-state index contributed by atoms with van der Waals surface area (Å²) < 4.78 is 19.7. The topological polar surface area (TPSA) is 35.2 Å². The van der Waals surface area contributed by atoms with Crippen molar-refractivity contribution < 1.29 is 9.13 Å². The molecule has 2 N–H and O–H groups in total. The van der Waals surface area contributed by atoms with Crippen molar-refractivity contribution in [2.24, 2.45) is 5.73 Å². The molecule has 1 aliphatic carbocycles. The minimum atomic E-state index is -0.212. The summed E-state index contributed by atoms with van der Waals surface area (Å²) in [5, 5.41) is 0. The molecule has 4 heteroatoms. The smallest absolute Gasteiger partial charge is 0.130 e. The molecule has 0 aromatic heterocycles. The van der Waals surface area contributed by atoms with Crippen molar-refractivity contribution in [1.29, 1.82) is 0 Å². The van der Waals surface area contributed by atoms with E-state index in [1.165, 1.54) is 6.42 Å². The Labute approximate surface area is 109 Å². The molecule has 1 fully saturated rings. The minimum Gasteiger partial charge on any atom is -0.380 e. The Kier molecular flexibility index (Phi) is 3.85. The van der Waals surface area contributed by atoms with E-state index in [4.69, 9.17) is 10.5 Å². The van der Waals surface area contributed by atoms with E-state index in [0.29, 0.717) is 12.1 Å². The van der Waals surface area contributed by atoms with Crippen molar-refractivity contribution in [2.45, 2.75) is 31.3 Å². The number of rotatable bonds is 4. The van der Waals surface area contributed by atoms with Gasteiger partial charge in [0, 0.05) is 29.1 Å². The number of hydrogen-bond donors (Lipinski definition) is 1. The summed E-state index contributed by atoms with van der Waals surface area (Å²) in [5.41, 5.74) is 7.41. The Morgan fingerprint density at radius 3 is 2.59 bits per heavy atom. The number of methoxy groups -OCH3 is 1. The molecule has 1 aromatic rings. The molecule has 0 spiro atoms. The fourth-order valence-electron chi connectivity index (χ4n) is 2.41. The van der Waals surface area contributed by atoms with Gasteiger partial charge in [0.1, 0.15) is 5.82 Å². The third kappa shape index (κ3) is 2.26. The zero-order chi connectivity index (χ0) is 12.5. The molecule has 1 aliphatic rings. The number of nitrogens with two attached hydrogens (primary N) is 1. The van der Waals surface area contributed by atoms with Gasteiger partial charge in [-0.2, -0.15) is 0 Å². The molecule has 0 amide bonds. The maximum atomic E-state index is 14.0. The first-order valence-electron chi connectivity index (χ1n) is 5.80. The zero-order valence-corrected chi connectivity index (χ0v) is 11.5. The van der Waals surface area contributed by atoms with Gasteiger partial charge < -0.3 is 10.5 Å². The third-order valence-electron chi connectivity index (χ3n) is 3.74. The monoisotopic (exact) mass is 301 g/mol. The van der Waals surface area contributed by atoms with Crippen molar-refractivity contribution in [3.8, 4) is 0 Å². The van der Waals surface area contributed by atoms with Crippen molar-refractivity contribution >= 4 is 15.9 Å². The molecular weight excluding hydrogens is 285 g/mol. The van der Waals surface area contributed by atoms with Crippen LogP contribution in [0, 0.1) is 5.82 Å². The van der Waals surface area contributed by atoms with Crippen LogP contribution >= 0.6 is 15.9 Å². The Bertz CT molecular complexity index is 389. The molecule has 2 rings (SSSR count). The molecule has 0 heterocycles. The summed E-state index contributed by atoms with van der Waals surface area (Å²) in [4.78, 5) is 0. The van der Waals surface area contributed by atoms with E-state index in [-0.39, 0.29) is 17.8 Å². The lowest BCUT2D eigenvalue weighted by Crippen LogP contribution is -2.41. The van der Waals surface area contributed by atoms with Crippen LogP contribution in [0.2, 0.25) is 0 Å². The molecular formula is C13H17BrFNO. The highest BCUT2D eigenvalue weighted by atomic mass is 79.9. The molecule has 0 unspecified atom stereocenters. The molecule has 94 valence electrons. The lowest BCUT2D eigenvalue weighted by atomic mass is 9.64. The van der Waals surface area contributed by atoms with Gasteiger partial charge in [0.15, 0.2) is 0 Å². The second-order valence-electron chi connectivity index (χ2n) is 4.69. The van der Waals surface area contributed by atoms with Crippen LogP contribution in [0.3, 0.4) is 0 Å². The maximum absolute atomic E-state index is 14.0. The first-order chi connectivity index (χ1) is 8.13. The molecule has 1 saturated carbocycles. The highest BCUT2D eigenvalue weighted by Gasteiger charge is 2.38. The predicted octanol–water partition coefficient (Wildman–Crippen LogP) is 3.12. The summed E-state index contributed by atoms with van der Waals surface area (Å²) >= 11 is 3.41. The van der Waals surface area contributed by atoms with Crippen molar-refractivity contribution in [3.05, 3.63) is 33.5 Å². The van der Waals surface area contributed by atoms with Gasteiger partial charge in [0.2, 0.25) is 0 Å². The second kappa shape index (κ2) is 5.04. The van der Waals surface area contributed by atoms with E-state index in [1.54, 1.807) is 13.2 Å². The Morgan fingerprint density at radius 2 is 2.18 bits per heavy atom. The van der Waals surface area contributed by atoms with E-state index in [1.807, 2.05) is 6.07 Å². The molecule has 1 aromatic carbocycles. The van der Waals surface area contributed by atoms with Crippen LogP contribution in [0.25, 0.3) is 0 Å². The van der Waals surface area contributed by atoms with Gasteiger partial charge in [0.05, 0.1) is 6.61 Å². The highest BCUT2D eigenvalue weighted by Crippen LogP contribution is 2.44. The van der Waals surface area contributed by atoms with Crippen molar-refractivity contribution in [2.75, 3.05) is 13.7 Å². The largest absolute Gasteiger partial charge is 0.380 e. The molecule has 0 radical (unpaired) electrons. The van der Waals surface area contributed by atoms with Crippen LogP contribution in [-0.2, 0) is 16.8 Å². The van der Waals surface area contributed by atoms with Gasteiger partial charge in [-0.1, -0.05) is 22.4 Å². The quantitative estimate of drug-likeness (QED) is 0.927. The van der Waals surface area contributed by atoms with Crippen molar-refractivity contribution in [3.63, 3.8) is 0 Å². The standard InChI is InChI=1S/C13H17BrFNO/c1-17-7-10-11(14)5-9(6-12(10)15)13(8-16)3-2-4-13/h5-6H,2-4,7-8,16H2,1H3. The number of hydrogen-bond acceptors (Lipinski definition) is 2. The molecule has 0 aliphatic heterocycles. The number of halogens is 2. The average molecular weight is 302 g/mol. The summed E-state index contributed by atoms with van der Waals surface area (Å²) in [6.07, 6.45) is 3.29. The van der Waals surface area contributed by atoms with E-state index >= 15 is 0 Å². The summed E-state index contributed by atoms with van der Waals surface area (Å²) in [6.45, 7) is 0.866. The number of benzene rings is 1. The highest BCUT2D eigenvalue weighted by molar-refractivity contribution is 9.10. The van der Waals surface area contributed by atoms with Gasteiger partial charge in [-0.25, -0.2) is 4.39 Å². The summed E-state index contributed by atoms with van der Waals surface area (Å²) in [5.74, 6) is -0.212. The van der Waals surface area contributed by atoms with Gasteiger partial charge in [-0.15, -0.1) is 0 Å². The molecule has 2 nitrogen and oxygen atoms in total. The summed E-state index contributed by atoms with van der Waals surface area (Å²) in [7, 11) is 1.56. The van der Waals surface area contributed by atoms with Crippen molar-refractivity contribution in [1.82, 2.24) is 0 Å². The van der Waals surface area contributed by atoms with Crippen LogP contribution in [0.1, 0.15) is 30.4 Å². The first-order valence-corrected chi connectivity index (χ1v) is 6.60. The SMILES string of the molecule is COCc1c(F)cc(C2(CN)CCC2)cc1Br. The average Bonchev–Trinajstić information content (AvgIpc) is 2.23. The summed E-state index contributed by atoms with van der Waals surface area (Å²) in [6, 6.07) is 3.61. The van der Waals surface area contributed by atoms with E-state index in [0.717, 1.165) is 22.9 Å². The lowest BCUT2D eigenvalue weighted by molar-refractivity contribution is 0.180. The minimum absolute atomic E-state index is 0.00500. The normalized spacial score (nSPS) is 17.9. The first kappa shape index (κ1) is 13.0. The fraction of sp³-hybridized carbons (Fsp3) is 0.538. The van der Waals surface area contributed by atoms with Crippen LogP contribution in [-0.4, -0.2) is 13.7 Å². The van der Waals surface area contributed by atoms with Crippen LogP contribution in [0.5, 0.6) is 0 Å². The maximum Gasteiger partial charge on any atom is 0.130 e. The molecule has 17 heavy (non-hydrogen) atoms. The van der Waals surface area contributed by atoms with Crippen LogP contribution < -0.4 is 5.73 Å². The van der Waals surface area contributed by atoms with Gasteiger partial charge in [-0.05, 0) is 30.5 Å². The van der Waals surface area contributed by atoms with E-state index in [2.05, 4.69) is 15.9 Å². The fourth-order valence-corrected chi connectivity index (χ4v) is 2.96. The lowest BCUT2D eigenvalue weighted by Gasteiger charge is -2.41. The van der Waals surface area contributed by atoms with Gasteiger partial charge >= 0.3 is 0 Å². The molecule has 0 atom stereocenters. The third-order valence-corrected chi connectivity index (χ3v) is 4.45. The second-order valence-corrected chi connectivity index (χ2v) is 5.54. The predicted molar refractivity (Wildman–Crippen MR) is 69.4 cm³/mol. The number of ether oxygens (including phenoxy) is 1. The molecule has 0 bridgehead atoms. The van der Waals surface area contributed by atoms with Gasteiger partial charge in [-0.3, -0.25) is 0 Å². The Morgan fingerprint density at radius 1 is 1.47 bits per heavy atom. The van der Waals surface area contributed by atoms with Gasteiger partial charge in [0.25, 0.3) is 0 Å². The van der Waals surface area contributed by atoms with E-state index < -0.39 is 0 Å². The Hall–Kier alpha value is -0.450. The Balaban J connectivity index is 2.38.